The molecule has 0 amide bonds. The Labute approximate surface area is 62.6 Å². The summed E-state index contributed by atoms with van der Waals surface area (Å²) >= 11 is 0. The molecule has 0 bridgehead atoms. The molecule has 1 atom stereocenters. The van der Waals surface area contributed by atoms with Crippen LogP contribution in [0.25, 0.3) is 0 Å². The molecule has 60 valence electrons. The molecule has 0 spiro atoms. The van der Waals surface area contributed by atoms with Crippen molar-refractivity contribution in [1.29, 1.82) is 0 Å². The highest BCUT2D eigenvalue weighted by Crippen LogP contribution is 2.07. The molecule has 1 fully saturated rings. The van der Waals surface area contributed by atoms with E-state index in [9.17, 15) is 4.79 Å². The predicted octanol–water partition coefficient (Wildman–Crippen LogP) is 1.64. The Balaban J connectivity index is 0.000000371. The zero-order chi connectivity index (χ0) is 7.98. The Morgan fingerprint density at radius 2 is 2.10 bits per heavy atom. The van der Waals surface area contributed by atoms with Gasteiger partial charge in [-0.05, 0) is 0 Å². The summed E-state index contributed by atoms with van der Waals surface area (Å²) in [6, 6.07) is 0. The fraction of sp³-hybridized carbons (Fsp3) is 0.875. The lowest BCUT2D eigenvalue weighted by Gasteiger charge is -2.15. The minimum Gasteiger partial charge on any atom is -0.380 e. The first-order valence-electron chi connectivity index (χ1n) is 3.91. The lowest BCUT2D eigenvalue weighted by Crippen LogP contribution is -2.24. The van der Waals surface area contributed by atoms with Gasteiger partial charge in [0, 0.05) is 12.3 Å². The summed E-state index contributed by atoms with van der Waals surface area (Å²) in [6.07, 6.45) is 0.612. The number of hydrogen-bond donors (Lipinski definition) is 0. The Bertz CT molecular complexity index is 99.4. The monoisotopic (exact) mass is 144 g/mol. The van der Waals surface area contributed by atoms with Crippen molar-refractivity contribution in [3.8, 4) is 0 Å². The average molecular weight is 144 g/mol. The van der Waals surface area contributed by atoms with Crippen LogP contribution in [-0.2, 0) is 9.53 Å². The first-order valence-corrected chi connectivity index (χ1v) is 3.91. The highest BCUT2D eigenvalue weighted by atomic mass is 16.5. The summed E-state index contributed by atoms with van der Waals surface area (Å²) in [5, 5.41) is 0. The van der Waals surface area contributed by atoms with Crippen molar-refractivity contribution in [3.63, 3.8) is 0 Å². The molecule has 1 aliphatic rings. The molecule has 0 aromatic carbocycles. The first kappa shape index (κ1) is 9.63. The molecule has 1 aliphatic heterocycles. The Hall–Kier alpha value is -0.370. The van der Waals surface area contributed by atoms with Crippen LogP contribution >= 0.6 is 0 Å². The SMILES string of the molecule is CC.CC1COCCC1=O. The van der Waals surface area contributed by atoms with Crippen LogP contribution in [0, 0.1) is 5.92 Å². The Morgan fingerprint density at radius 1 is 1.50 bits per heavy atom. The van der Waals surface area contributed by atoms with Crippen LogP contribution in [0.1, 0.15) is 27.2 Å². The van der Waals surface area contributed by atoms with Crippen LogP contribution in [0.5, 0.6) is 0 Å². The molecule has 1 rings (SSSR count). The summed E-state index contributed by atoms with van der Waals surface area (Å²) in [7, 11) is 0. The van der Waals surface area contributed by atoms with Gasteiger partial charge >= 0.3 is 0 Å². The minimum atomic E-state index is 0.142. The molecule has 2 heteroatoms. The van der Waals surface area contributed by atoms with E-state index in [4.69, 9.17) is 4.74 Å². The van der Waals surface area contributed by atoms with Gasteiger partial charge in [0.15, 0.2) is 0 Å². The molecular formula is C8H16O2. The molecule has 0 N–H and O–H groups in total. The van der Waals surface area contributed by atoms with E-state index < -0.39 is 0 Å². The van der Waals surface area contributed by atoms with Gasteiger partial charge in [-0.3, -0.25) is 4.79 Å². The second kappa shape index (κ2) is 5.42. The van der Waals surface area contributed by atoms with E-state index in [0.717, 1.165) is 0 Å². The van der Waals surface area contributed by atoms with Crippen LogP contribution in [-0.4, -0.2) is 19.0 Å². The van der Waals surface area contributed by atoms with Crippen molar-refractivity contribution in [3.05, 3.63) is 0 Å². The zero-order valence-electron chi connectivity index (χ0n) is 7.02. The summed E-state index contributed by atoms with van der Waals surface area (Å²) in [6.45, 7) is 7.16. The van der Waals surface area contributed by atoms with E-state index in [0.29, 0.717) is 25.4 Å². The van der Waals surface area contributed by atoms with Crippen molar-refractivity contribution in [2.24, 2.45) is 5.92 Å². The summed E-state index contributed by atoms with van der Waals surface area (Å²) in [5.74, 6) is 0.486. The topological polar surface area (TPSA) is 26.3 Å². The van der Waals surface area contributed by atoms with E-state index in [-0.39, 0.29) is 5.92 Å². The van der Waals surface area contributed by atoms with Crippen molar-refractivity contribution >= 4 is 5.78 Å². The Morgan fingerprint density at radius 3 is 2.40 bits per heavy atom. The number of ketones is 1. The average Bonchev–Trinajstić information content (AvgIpc) is 2.00. The smallest absolute Gasteiger partial charge is 0.140 e. The highest BCUT2D eigenvalue weighted by molar-refractivity contribution is 5.81. The number of carbonyl (C=O) groups is 1. The molecule has 1 heterocycles. The summed E-state index contributed by atoms with van der Waals surface area (Å²) in [4.78, 5) is 10.7. The fourth-order valence-corrected chi connectivity index (χ4v) is 0.772. The third-order valence-corrected chi connectivity index (χ3v) is 1.41. The zero-order valence-corrected chi connectivity index (χ0v) is 7.02. The van der Waals surface area contributed by atoms with Crippen LogP contribution in [0.4, 0.5) is 0 Å². The molecule has 0 radical (unpaired) electrons. The van der Waals surface area contributed by atoms with Crippen molar-refractivity contribution in [2.45, 2.75) is 27.2 Å². The van der Waals surface area contributed by atoms with Gasteiger partial charge in [-0.1, -0.05) is 20.8 Å². The van der Waals surface area contributed by atoms with Gasteiger partial charge in [-0.2, -0.15) is 0 Å². The second-order valence-corrected chi connectivity index (χ2v) is 2.19. The normalized spacial score (nSPS) is 25.1. The van der Waals surface area contributed by atoms with Crippen molar-refractivity contribution in [2.75, 3.05) is 13.2 Å². The van der Waals surface area contributed by atoms with Crippen molar-refractivity contribution < 1.29 is 9.53 Å². The molecular weight excluding hydrogens is 128 g/mol. The maximum atomic E-state index is 10.7. The molecule has 0 aromatic rings. The van der Waals surface area contributed by atoms with Gasteiger partial charge < -0.3 is 4.74 Å². The number of carbonyl (C=O) groups excluding carboxylic acids is 1. The third kappa shape index (κ3) is 2.97. The lowest BCUT2D eigenvalue weighted by molar-refractivity contribution is -0.129. The first-order chi connectivity index (χ1) is 4.80. The van der Waals surface area contributed by atoms with E-state index in [1.54, 1.807) is 0 Å². The van der Waals surface area contributed by atoms with Crippen LogP contribution in [0.3, 0.4) is 0 Å². The van der Waals surface area contributed by atoms with E-state index in [1.807, 2.05) is 20.8 Å². The second-order valence-electron chi connectivity index (χ2n) is 2.19. The third-order valence-electron chi connectivity index (χ3n) is 1.41. The van der Waals surface area contributed by atoms with Gasteiger partial charge in [0.2, 0.25) is 0 Å². The van der Waals surface area contributed by atoms with Crippen molar-refractivity contribution in [1.82, 2.24) is 0 Å². The number of hydrogen-bond acceptors (Lipinski definition) is 2. The van der Waals surface area contributed by atoms with Gasteiger partial charge in [-0.25, -0.2) is 0 Å². The molecule has 0 saturated carbocycles. The largest absolute Gasteiger partial charge is 0.380 e. The van der Waals surface area contributed by atoms with Crippen LogP contribution in [0.2, 0.25) is 0 Å². The molecule has 10 heavy (non-hydrogen) atoms. The maximum absolute atomic E-state index is 10.7. The number of rotatable bonds is 0. The minimum absolute atomic E-state index is 0.142. The summed E-state index contributed by atoms with van der Waals surface area (Å²) in [5.41, 5.74) is 0. The predicted molar refractivity (Wildman–Crippen MR) is 41.0 cm³/mol. The summed E-state index contributed by atoms with van der Waals surface area (Å²) < 4.78 is 5.03. The van der Waals surface area contributed by atoms with Gasteiger partial charge in [0.1, 0.15) is 5.78 Å². The highest BCUT2D eigenvalue weighted by Gasteiger charge is 2.16. The number of ether oxygens (including phenoxy) is 1. The van der Waals surface area contributed by atoms with E-state index >= 15 is 0 Å². The van der Waals surface area contributed by atoms with Crippen LogP contribution < -0.4 is 0 Å². The fourth-order valence-electron chi connectivity index (χ4n) is 0.772. The molecule has 1 saturated heterocycles. The van der Waals surface area contributed by atoms with E-state index in [1.165, 1.54) is 0 Å². The maximum Gasteiger partial charge on any atom is 0.140 e. The molecule has 2 nitrogen and oxygen atoms in total. The molecule has 0 aliphatic carbocycles. The molecule has 1 unspecified atom stereocenters. The van der Waals surface area contributed by atoms with Gasteiger partial charge in [-0.15, -0.1) is 0 Å². The van der Waals surface area contributed by atoms with Gasteiger partial charge in [0.05, 0.1) is 13.2 Å². The standard InChI is InChI=1S/C6H10O2.C2H6/c1-5-4-8-3-2-6(5)7;1-2/h5H,2-4H2,1H3;1-2H3. The number of Topliss-reactive ketones (excluding diaryl/α,β-unsaturated/α-hetero) is 1. The van der Waals surface area contributed by atoms with Crippen LogP contribution in [0.15, 0.2) is 0 Å². The molecule has 0 aromatic heterocycles. The lowest BCUT2D eigenvalue weighted by atomic mass is 10.0. The quantitative estimate of drug-likeness (QED) is 0.516. The van der Waals surface area contributed by atoms with E-state index in [2.05, 4.69) is 0 Å². The van der Waals surface area contributed by atoms with Gasteiger partial charge in [0.25, 0.3) is 0 Å². The Kier molecular flexibility index (Phi) is 5.22.